The van der Waals surface area contributed by atoms with Gasteiger partial charge in [0, 0.05) is 33.1 Å². The van der Waals surface area contributed by atoms with Crippen molar-refractivity contribution in [3.63, 3.8) is 0 Å². The van der Waals surface area contributed by atoms with E-state index < -0.39 is 0 Å². The number of likely N-dealkylation sites (tertiary alicyclic amines) is 2. The fourth-order valence-electron chi connectivity index (χ4n) is 2.97. The Bertz CT molecular complexity index is 322. The van der Waals surface area contributed by atoms with Crippen LogP contribution in [0.5, 0.6) is 0 Å². The van der Waals surface area contributed by atoms with E-state index in [0.717, 1.165) is 45.4 Å². The molecule has 17 heavy (non-hydrogen) atoms. The molecule has 0 aliphatic carbocycles. The zero-order chi connectivity index (χ0) is 12.5. The quantitative estimate of drug-likeness (QED) is 0.689. The highest BCUT2D eigenvalue weighted by atomic mass is 16.2. The predicted octanol–water partition coefficient (Wildman–Crippen LogP) is -0.194. The average molecular weight is 239 g/mol. The molecule has 0 atom stereocenters. The molecule has 0 aromatic carbocycles. The highest BCUT2D eigenvalue weighted by molar-refractivity contribution is 5.78. The number of piperidine rings is 1. The smallest absolute Gasteiger partial charge is 0.236 e. The van der Waals surface area contributed by atoms with Gasteiger partial charge in [0.05, 0.1) is 6.54 Å². The summed E-state index contributed by atoms with van der Waals surface area (Å²) in [6.07, 6.45) is 3.09. The summed E-state index contributed by atoms with van der Waals surface area (Å²) in [6.45, 7) is 5.06. The van der Waals surface area contributed by atoms with E-state index in [1.54, 1.807) is 6.92 Å². The lowest BCUT2D eigenvalue weighted by Gasteiger charge is -2.39. The van der Waals surface area contributed by atoms with Crippen LogP contribution in [0.15, 0.2) is 0 Å². The first-order valence-electron chi connectivity index (χ1n) is 6.30. The molecule has 2 fully saturated rings. The first-order chi connectivity index (χ1) is 8.06. The van der Waals surface area contributed by atoms with Crippen molar-refractivity contribution >= 4 is 11.8 Å². The van der Waals surface area contributed by atoms with Gasteiger partial charge < -0.3 is 15.5 Å². The third kappa shape index (κ3) is 2.44. The molecule has 0 unspecified atom stereocenters. The van der Waals surface area contributed by atoms with Crippen molar-refractivity contribution in [3.8, 4) is 0 Å². The van der Waals surface area contributed by atoms with Crippen LogP contribution >= 0.6 is 0 Å². The van der Waals surface area contributed by atoms with Gasteiger partial charge in [0.25, 0.3) is 0 Å². The normalized spacial score (nSPS) is 23.2. The number of amides is 2. The minimum atomic E-state index is 0.0428. The van der Waals surface area contributed by atoms with Crippen LogP contribution < -0.4 is 5.73 Å². The highest BCUT2D eigenvalue weighted by Gasteiger charge is 2.41. The maximum Gasteiger partial charge on any atom is 0.236 e. The third-order valence-electron chi connectivity index (χ3n) is 4.24. The van der Waals surface area contributed by atoms with E-state index in [2.05, 4.69) is 0 Å². The molecule has 2 aliphatic rings. The molecule has 2 rings (SSSR count). The van der Waals surface area contributed by atoms with Crippen LogP contribution in [0.4, 0.5) is 0 Å². The first kappa shape index (κ1) is 12.4. The van der Waals surface area contributed by atoms with Crippen molar-refractivity contribution in [2.24, 2.45) is 11.1 Å². The van der Waals surface area contributed by atoms with E-state index >= 15 is 0 Å². The molecule has 2 N–H and O–H groups in total. The minimum absolute atomic E-state index is 0.0428. The minimum Gasteiger partial charge on any atom is -0.342 e. The predicted molar refractivity (Wildman–Crippen MR) is 64.2 cm³/mol. The molecule has 0 aromatic rings. The Kier molecular flexibility index (Phi) is 3.38. The molecule has 1 spiro atoms. The zero-order valence-corrected chi connectivity index (χ0v) is 10.4. The summed E-state index contributed by atoms with van der Waals surface area (Å²) in [5.41, 5.74) is 5.63. The molecule has 2 aliphatic heterocycles. The molecule has 2 heterocycles. The number of rotatable bonds is 1. The molecule has 5 heteroatoms. The van der Waals surface area contributed by atoms with Gasteiger partial charge in [-0.05, 0) is 24.7 Å². The summed E-state index contributed by atoms with van der Waals surface area (Å²) in [4.78, 5) is 26.6. The Balaban J connectivity index is 1.91. The standard InChI is InChI=1S/C12H21N3O2/c1-10(16)15-7-4-12(9-15)2-5-14(6-3-12)11(17)8-13/h2-9,13H2,1H3. The lowest BCUT2D eigenvalue weighted by atomic mass is 9.78. The van der Waals surface area contributed by atoms with Gasteiger partial charge >= 0.3 is 0 Å². The Morgan fingerprint density at radius 2 is 1.65 bits per heavy atom. The Labute approximate surface area is 102 Å². The summed E-state index contributed by atoms with van der Waals surface area (Å²) >= 11 is 0. The van der Waals surface area contributed by atoms with Crippen molar-refractivity contribution < 1.29 is 9.59 Å². The van der Waals surface area contributed by atoms with E-state index in [1.165, 1.54) is 0 Å². The summed E-state index contributed by atoms with van der Waals surface area (Å²) in [7, 11) is 0. The van der Waals surface area contributed by atoms with Crippen molar-refractivity contribution in [3.05, 3.63) is 0 Å². The molecule has 5 nitrogen and oxygen atoms in total. The number of nitrogens with zero attached hydrogens (tertiary/aromatic N) is 2. The second-order valence-corrected chi connectivity index (χ2v) is 5.28. The molecule has 2 saturated heterocycles. The van der Waals surface area contributed by atoms with E-state index in [-0.39, 0.29) is 23.8 Å². The molecule has 0 saturated carbocycles. The van der Waals surface area contributed by atoms with Crippen LogP contribution in [-0.2, 0) is 9.59 Å². The Morgan fingerprint density at radius 1 is 1.12 bits per heavy atom. The molecule has 0 radical (unpaired) electrons. The topological polar surface area (TPSA) is 66.6 Å². The first-order valence-corrected chi connectivity index (χ1v) is 6.30. The van der Waals surface area contributed by atoms with Crippen LogP contribution in [-0.4, -0.2) is 54.3 Å². The molecule has 0 bridgehead atoms. The maximum absolute atomic E-state index is 11.5. The average Bonchev–Trinajstić information content (AvgIpc) is 2.74. The second kappa shape index (κ2) is 4.64. The fraction of sp³-hybridized carbons (Fsp3) is 0.833. The summed E-state index contributed by atoms with van der Waals surface area (Å²) in [5, 5.41) is 0. The largest absolute Gasteiger partial charge is 0.342 e. The van der Waals surface area contributed by atoms with Crippen molar-refractivity contribution in [2.75, 3.05) is 32.7 Å². The van der Waals surface area contributed by atoms with Crippen LogP contribution in [0.2, 0.25) is 0 Å². The molecule has 96 valence electrons. The molecular formula is C12H21N3O2. The van der Waals surface area contributed by atoms with E-state index in [4.69, 9.17) is 5.73 Å². The number of hydrogen-bond donors (Lipinski definition) is 1. The Morgan fingerprint density at radius 3 is 2.06 bits per heavy atom. The lowest BCUT2D eigenvalue weighted by Crippen LogP contribution is -2.46. The second-order valence-electron chi connectivity index (χ2n) is 5.28. The number of carbonyl (C=O) groups is 2. The summed E-state index contributed by atoms with van der Waals surface area (Å²) in [5.74, 6) is 0.212. The summed E-state index contributed by atoms with van der Waals surface area (Å²) < 4.78 is 0. The molecular weight excluding hydrogens is 218 g/mol. The SMILES string of the molecule is CC(=O)N1CCC2(CCN(C(=O)CN)CC2)C1. The van der Waals surface area contributed by atoms with Crippen molar-refractivity contribution in [2.45, 2.75) is 26.2 Å². The highest BCUT2D eigenvalue weighted by Crippen LogP contribution is 2.40. The zero-order valence-electron chi connectivity index (χ0n) is 10.4. The monoisotopic (exact) mass is 239 g/mol. The third-order valence-corrected chi connectivity index (χ3v) is 4.24. The van der Waals surface area contributed by atoms with Gasteiger partial charge in [-0.15, -0.1) is 0 Å². The van der Waals surface area contributed by atoms with Crippen LogP contribution in [0, 0.1) is 5.41 Å². The van der Waals surface area contributed by atoms with E-state index in [0.29, 0.717) is 0 Å². The number of carbonyl (C=O) groups excluding carboxylic acids is 2. The maximum atomic E-state index is 11.5. The van der Waals surface area contributed by atoms with Gasteiger partial charge in [0.1, 0.15) is 0 Å². The van der Waals surface area contributed by atoms with Gasteiger partial charge in [-0.25, -0.2) is 0 Å². The van der Waals surface area contributed by atoms with Crippen LogP contribution in [0.3, 0.4) is 0 Å². The van der Waals surface area contributed by atoms with Gasteiger partial charge in [-0.3, -0.25) is 9.59 Å². The van der Waals surface area contributed by atoms with Crippen molar-refractivity contribution in [1.82, 2.24) is 9.80 Å². The van der Waals surface area contributed by atoms with Gasteiger partial charge in [-0.1, -0.05) is 0 Å². The summed E-state index contributed by atoms with van der Waals surface area (Å²) in [6, 6.07) is 0. The fourth-order valence-corrected chi connectivity index (χ4v) is 2.97. The van der Waals surface area contributed by atoms with Crippen molar-refractivity contribution in [1.29, 1.82) is 0 Å². The molecule has 2 amide bonds. The number of hydrogen-bond acceptors (Lipinski definition) is 3. The van der Waals surface area contributed by atoms with Gasteiger partial charge in [-0.2, -0.15) is 0 Å². The van der Waals surface area contributed by atoms with E-state index in [9.17, 15) is 9.59 Å². The van der Waals surface area contributed by atoms with Crippen LogP contribution in [0.1, 0.15) is 26.2 Å². The lowest BCUT2D eigenvalue weighted by molar-refractivity contribution is -0.133. The molecule has 0 aromatic heterocycles. The van der Waals surface area contributed by atoms with E-state index in [1.807, 2.05) is 9.80 Å². The van der Waals surface area contributed by atoms with Gasteiger partial charge in [0.15, 0.2) is 0 Å². The van der Waals surface area contributed by atoms with Crippen LogP contribution in [0.25, 0.3) is 0 Å². The Hall–Kier alpha value is -1.10. The van der Waals surface area contributed by atoms with Gasteiger partial charge in [0.2, 0.25) is 11.8 Å². The number of nitrogens with two attached hydrogens (primary N) is 1.